The van der Waals surface area contributed by atoms with Gasteiger partial charge in [-0.05, 0) is 41.5 Å². The molecule has 0 unspecified atom stereocenters. The fourth-order valence-electron chi connectivity index (χ4n) is 1.30. The van der Waals surface area contributed by atoms with Crippen LogP contribution < -0.4 is 0 Å². The van der Waals surface area contributed by atoms with E-state index in [0.29, 0.717) is 0 Å². The van der Waals surface area contributed by atoms with Gasteiger partial charge in [0.15, 0.2) is 0 Å². The monoisotopic (exact) mass is 208 g/mol. The molecular weight excluding hydrogens is 184 g/mol. The average molecular weight is 208 g/mol. The molecule has 0 spiro atoms. The molecule has 0 aliphatic rings. The first-order valence-electron chi connectivity index (χ1n) is 5.41. The summed E-state index contributed by atoms with van der Waals surface area (Å²) >= 11 is 0. The average Bonchev–Trinajstić information content (AvgIpc) is 2.01. The van der Waals surface area contributed by atoms with Crippen LogP contribution in [0.5, 0.6) is 0 Å². The van der Waals surface area contributed by atoms with E-state index in [1.54, 1.807) is 0 Å². The van der Waals surface area contributed by atoms with Gasteiger partial charge in [-0.25, -0.2) is 0 Å². The lowest BCUT2D eigenvalue weighted by atomic mass is 10.1. The minimum atomic E-state index is -0.0156. The first-order chi connectivity index (χ1) is 6.71. The minimum absolute atomic E-state index is 0.0156. The second-order valence-electron chi connectivity index (χ2n) is 5.48. The lowest BCUT2D eigenvalue weighted by Crippen LogP contribution is -2.31. The summed E-state index contributed by atoms with van der Waals surface area (Å²) in [6, 6.07) is 12.0. The van der Waals surface area contributed by atoms with Crippen molar-refractivity contribution in [2.24, 2.45) is 0 Å². The van der Waals surface area contributed by atoms with Gasteiger partial charge in [-0.3, -0.25) is 0 Å². The Morgan fingerprint density at radius 3 is 0.800 bits per heavy atom. The number of hydrogen-bond donors (Lipinski definition) is 0. The Hall–Kier alpha value is -0.820. The Morgan fingerprint density at radius 2 is 0.733 bits per heavy atom. The minimum Gasteiger partial charge on any atom is -0.370 e. The molecule has 1 nitrogen and oxygen atoms in total. The van der Waals surface area contributed by atoms with Gasteiger partial charge in [-0.1, -0.05) is 36.4 Å². The molecule has 0 saturated carbocycles. The molecule has 0 aromatic heterocycles. The highest BCUT2D eigenvalue weighted by molar-refractivity contribution is 4.99. The van der Waals surface area contributed by atoms with Crippen molar-refractivity contribution in [3.63, 3.8) is 0 Å². The van der Waals surface area contributed by atoms with Gasteiger partial charge in [0, 0.05) is 0 Å². The summed E-state index contributed by atoms with van der Waals surface area (Å²) in [5.74, 6) is 0. The Balaban J connectivity index is 0.000000280. The van der Waals surface area contributed by atoms with Crippen LogP contribution in [0.3, 0.4) is 0 Å². The molecule has 0 fully saturated rings. The quantitative estimate of drug-likeness (QED) is 0.618. The normalized spacial score (nSPS) is 11.6. The van der Waals surface area contributed by atoms with Crippen molar-refractivity contribution in [2.75, 3.05) is 0 Å². The number of benzene rings is 1. The van der Waals surface area contributed by atoms with E-state index in [1.807, 2.05) is 36.4 Å². The van der Waals surface area contributed by atoms with Crippen molar-refractivity contribution in [3.05, 3.63) is 36.4 Å². The van der Waals surface area contributed by atoms with Gasteiger partial charge in [0.05, 0.1) is 11.2 Å². The van der Waals surface area contributed by atoms with E-state index in [4.69, 9.17) is 4.74 Å². The van der Waals surface area contributed by atoms with Crippen molar-refractivity contribution in [2.45, 2.75) is 52.7 Å². The maximum absolute atomic E-state index is 5.62. The Labute approximate surface area is 94.5 Å². The third-order valence-electron chi connectivity index (χ3n) is 1.28. The summed E-state index contributed by atoms with van der Waals surface area (Å²) < 4.78 is 5.62. The maximum atomic E-state index is 5.62. The molecule has 1 aromatic rings. The molecular formula is C14H24O. The number of ether oxygens (including phenoxy) is 1. The maximum Gasteiger partial charge on any atom is 0.0605 e. The largest absolute Gasteiger partial charge is 0.370 e. The molecule has 0 N–H and O–H groups in total. The summed E-state index contributed by atoms with van der Waals surface area (Å²) in [4.78, 5) is 0. The highest BCUT2D eigenvalue weighted by Crippen LogP contribution is 2.17. The van der Waals surface area contributed by atoms with Crippen molar-refractivity contribution in [1.29, 1.82) is 0 Å². The highest BCUT2D eigenvalue weighted by atomic mass is 16.5. The fraction of sp³-hybridized carbons (Fsp3) is 0.571. The zero-order valence-electron chi connectivity index (χ0n) is 10.9. The van der Waals surface area contributed by atoms with Crippen LogP contribution in [0.2, 0.25) is 0 Å². The summed E-state index contributed by atoms with van der Waals surface area (Å²) in [5.41, 5.74) is -0.0312. The van der Waals surface area contributed by atoms with Crippen molar-refractivity contribution in [1.82, 2.24) is 0 Å². The molecule has 0 bridgehead atoms. The SMILES string of the molecule is CC(C)(C)OC(C)(C)C.c1ccccc1. The molecule has 0 saturated heterocycles. The molecule has 1 aromatic carbocycles. The predicted molar refractivity (Wildman–Crippen MR) is 67.0 cm³/mol. The second kappa shape index (κ2) is 5.92. The summed E-state index contributed by atoms with van der Waals surface area (Å²) in [6.07, 6.45) is 0. The summed E-state index contributed by atoms with van der Waals surface area (Å²) in [7, 11) is 0. The van der Waals surface area contributed by atoms with Gasteiger partial charge in [0.25, 0.3) is 0 Å². The molecule has 1 rings (SSSR count). The van der Waals surface area contributed by atoms with Crippen molar-refractivity contribution < 1.29 is 4.74 Å². The zero-order valence-corrected chi connectivity index (χ0v) is 10.9. The Kier molecular flexibility index (Phi) is 5.59. The van der Waals surface area contributed by atoms with Crippen molar-refractivity contribution in [3.8, 4) is 0 Å². The standard InChI is InChI=1S/C8H18O.C6H6/c1-7(2,3)9-8(4,5)6;1-2-4-6-5-3-1/h1-6H3;1-6H. The summed E-state index contributed by atoms with van der Waals surface area (Å²) in [6.45, 7) is 12.4. The third-order valence-corrected chi connectivity index (χ3v) is 1.28. The summed E-state index contributed by atoms with van der Waals surface area (Å²) in [5, 5.41) is 0. The van der Waals surface area contributed by atoms with Crippen LogP contribution >= 0.6 is 0 Å². The van der Waals surface area contributed by atoms with Crippen LogP contribution in [0.15, 0.2) is 36.4 Å². The topological polar surface area (TPSA) is 9.23 Å². The molecule has 0 aliphatic carbocycles. The fourth-order valence-corrected chi connectivity index (χ4v) is 1.30. The van der Waals surface area contributed by atoms with Crippen LogP contribution in [-0.4, -0.2) is 11.2 Å². The molecule has 0 radical (unpaired) electrons. The van der Waals surface area contributed by atoms with E-state index in [9.17, 15) is 0 Å². The highest BCUT2D eigenvalue weighted by Gasteiger charge is 2.19. The molecule has 86 valence electrons. The van der Waals surface area contributed by atoms with Gasteiger partial charge >= 0.3 is 0 Å². The zero-order chi connectivity index (χ0) is 11.9. The molecule has 0 atom stereocenters. The second-order valence-corrected chi connectivity index (χ2v) is 5.48. The van der Waals surface area contributed by atoms with Gasteiger partial charge in [0.2, 0.25) is 0 Å². The Bertz CT molecular complexity index is 200. The molecule has 0 heterocycles. The molecule has 0 amide bonds. The van der Waals surface area contributed by atoms with Gasteiger partial charge in [-0.2, -0.15) is 0 Å². The first-order valence-corrected chi connectivity index (χ1v) is 5.41. The van der Waals surface area contributed by atoms with Gasteiger partial charge in [-0.15, -0.1) is 0 Å². The predicted octanol–water partition coefficient (Wildman–Crippen LogP) is 4.29. The van der Waals surface area contributed by atoms with Gasteiger partial charge in [0.1, 0.15) is 0 Å². The molecule has 1 heteroatoms. The van der Waals surface area contributed by atoms with Crippen molar-refractivity contribution >= 4 is 0 Å². The smallest absolute Gasteiger partial charge is 0.0605 e. The lowest BCUT2D eigenvalue weighted by Gasteiger charge is -2.30. The van der Waals surface area contributed by atoms with Crippen LogP contribution in [0.25, 0.3) is 0 Å². The third kappa shape index (κ3) is 13.2. The number of rotatable bonds is 0. The number of hydrogen-bond acceptors (Lipinski definition) is 1. The van der Waals surface area contributed by atoms with E-state index in [2.05, 4.69) is 41.5 Å². The van der Waals surface area contributed by atoms with Gasteiger partial charge < -0.3 is 4.74 Å². The first kappa shape index (κ1) is 14.2. The van der Waals surface area contributed by atoms with E-state index in [0.717, 1.165) is 0 Å². The van der Waals surface area contributed by atoms with E-state index in [1.165, 1.54) is 0 Å². The van der Waals surface area contributed by atoms with E-state index >= 15 is 0 Å². The van der Waals surface area contributed by atoms with Crippen LogP contribution in [0.1, 0.15) is 41.5 Å². The van der Waals surface area contributed by atoms with Crippen LogP contribution in [-0.2, 0) is 4.74 Å². The molecule has 15 heavy (non-hydrogen) atoms. The van der Waals surface area contributed by atoms with E-state index in [-0.39, 0.29) is 11.2 Å². The van der Waals surface area contributed by atoms with Crippen LogP contribution in [0.4, 0.5) is 0 Å². The molecule has 0 aliphatic heterocycles. The lowest BCUT2D eigenvalue weighted by molar-refractivity contribution is -0.102. The Morgan fingerprint density at radius 1 is 0.533 bits per heavy atom. The van der Waals surface area contributed by atoms with Crippen LogP contribution in [0, 0.1) is 0 Å². The van der Waals surface area contributed by atoms with E-state index < -0.39 is 0 Å².